The second-order valence-corrected chi connectivity index (χ2v) is 4.96. The van der Waals surface area contributed by atoms with Crippen molar-refractivity contribution in [3.05, 3.63) is 0 Å². The lowest BCUT2D eigenvalue weighted by Gasteiger charge is -2.37. The Kier molecular flexibility index (Phi) is 4.19. The van der Waals surface area contributed by atoms with Crippen molar-refractivity contribution in [2.75, 3.05) is 0 Å². The zero-order valence-corrected chi connectivity index (χ0v) is 9.84. The molecule has 1 heterocycles. The van der Waals surface area contributed by atoms with Gasteiger partial charge in [0.25, 0.3) is 0 Å². The highest BCUT2D eigenvalue weighted by molar-refractivity contribution is 4.80. The molecule has 1 aliphatic carbocycles. The van der Waals surface area contributed by atoms with Crippen LogP contribution in [0.15, 0.2) is 0 Å². The van der Waals surface area contributed by atoms with Crippen LogP contribution in [0.25, 0.3) is 0 Å². The molecule has 0 aromatic heterocycles. The van der Waals surface area contributed by atoms with Gasteiger partial charge in [0.2, 0.25) is 0 Å². The van der Waals surface area contributed by atoms with E-state index in [1.54, 1.807) is 6.92 Å². The first kappa shape index (κ1) is 12.3. The third kappa shape index (κ3) is 2.94. The highest BCUT2D eigenvalue weighted by Crippen LogP contribution is 2.26. The van der Waals surface area contributed by atoms with Gasteiger partial charge in [-0.1, -0.05) is 19.3 Å². The Balaban J connectivity index is 1.81. The third-order valence-electron chi connectivity index (χ3n) is 3.57. The number of rotatable bonds is 2. The number of ether oxygens (including phenoxy) is 2. The molecule has 2 rings (SSSR count). The van der Waals surface area contributed by atoms with Gasteiger partial charge in [-0.3, -0.25) is 0 Å². The van der Waals surface area contributed by atoms with Crippen molar-refractivity contribution in [3.8, 4) is 0 Å². The van der Waals surface area contributed by atoms with Gasteiger partial charge >= 0.3 is 0 Å². The molecule has 4 atom stereocenters. The zero-order chi connectivity index (χ0) is 11.5. The van der Waals surface area contributed by atoms with E-state index in [2.05, 4.69) is 0 Å². The fourth-order valence-electron chi connectivity index (χ4n) is 2.53. The molecule has 0 aromatic rings. The first-order valence-electron chi connectivity index (χ1n) is 6.34. The fraction of sp³-hybridized carbons (Fsp3) is 1.00. The van der Waals surface area contributed by atoms with Crippen molar-refractivity contribution in [1.29, 1.82) is 0 Å². The summed E-state index contributed by atoms with van der Waals surface area (Å²) in [6.07, 6.45) is 4.35. The highest BCUT2D eigenvalue weighted by Gasteiger charge is 2.35. The molecule has 2 aliphatic rings. The van der Waals surface area contributed by atoms with Crippen LogP contribution >= 0.6 is 0 Å². The van der Waals surface area contributed by atoms with Gasteiger partial charge in [0, 0.05) is 6.42 Å². The Bertz CT molecular complexity index is 203. The van der Waals surface area contributed by atoms with E-state index in [-0.39, 0.29) is 18.5 Å². The van der Waals surface area contributed by atoms with Crippen LogP contribution < -0.4 is 0 Å². The lowest BCUT2D eigenvalue weighted by Crippen LogP contribution is -2.48. The zero-order valence-electron chi connectivity index (χ0n) is 9.84. The first-order chi connectivity index (χ1) is 7.66. The summed E-state index contributed by atoms with van der Waals surface area (Å²) in [5.74, 6) is 0. The van der Waals surface area contributed by atoms with E-state index < -0.39 is 12.2 Å². The lowest BCUT2D eigenvalue weighted by atomic mass is 9.97. The van der Waals surface area contributed by atoms with Crippen molar-refractivity contribution in [2.45, 2.75) is 76.2 Å². The van der Waals surface area contributed by atoms with Crippen LogP contribution in [-0.2, 0) is 9.47 Å². The summed E-state index contributed by atoms with van der Waals surface area (Å²) in [5, 5.41) is 19.2. The molecule has 0 amide bonds. The van der Waals surface area contributed by atoms with E-state index >= 15 is 0 Å². The van der Waals surface area contributed by atoms with Gasteiger partial charge in [-0.15, -0.1) is 0 Å². The summed E-state index contributed by atoms with van der Waals surface area (Å²) >= 11 is 0. The van der Waals surface area contributed by atoms with Crippen molar-refractivity contribution in [2.24, 2.45) is 0 Å². The maximum absolute atomic E-state index is 9.64. The van der Waals surface area contributed by atoms with E-state index in [4.69, 9.17) is 9.47 Å². The Morgan fingerprint density at radius 1 is 1.12 bits per heavy atom. The number of aliphatic hydroxyl groups excluding tert-OH is 2. The smallest absolute Gasteiger partial charge is 0.161 e. The van der Waals surface area contributed by atoms with Crippen molar-refractivity contribution < 1.29 is 19.7 Å². The average molecular weight is 230 g/mol. The van der Waals surface area contributed by atoms with Gasteiger partial charge < -0.3 is 19.7 Å². The van der Waals surface area contributed by atoms with Crippen molar-refractivity contribution in [3.63, 3.8) is 0 Å². The summed E-state index contributed by atoms with van der Waals surface area (Å²) in [7, 11) is 0. The van der Waals surface area contributed by atoms with Crippen LogP contribution in [0.5, 0.6) is 0 Å². The van der Waals surface area contributed by atoms with Crippen LogP contribution in [-0.4, -0.2) is 40.9 Å². The molecule has 2 fully saturated rings. The summed E-state index contributed by atoms with van der Waals surface area (Å²) in [5.41, 5.74) is 0. The van der Waals surface area contributed by atoms with Crippen LogP contribution in [0.3, 0.4) is 0 Å². The van der Waals surface area contributed by atoms with Crippen molar-refractivity contribution >= 4 is 0 Å². The molecule has 0 radical (unpaired) electrons. The molecular formula is C12H22O4. The molecule has 0 unspecified atom stereocenters. The average Bonchev–Trinajstić information content (AvgIpc) is 2.27. The van der Waals surface area contributed by atoms with Crippen LogP contribution in [0.4, 0.5) is 0 Å². The first-order valence-corrected chi connectivity index (χ1v) is 6.34. The van der Waals surface area contributed by atoms with Crippen LogP contribution in [0.2, 0.25) is 0 Å². The normalized spacial score (nSPS) is 42.2. The molecule has 4 nitrogen and oxygen atoms in total. The molecule has 4 heteroatoms. The van der Waals surface area contributed by atoms with E-state index in [0.29, 0.717) is 6.42 Å². The molecule has 94 valence electrons. The van der Waals surface area contributed by atoms with Gasteiger partial charge in [0.1, 0.15) is 6.10 Å². The molecule has 0 aromatic carbocycles. The molecule has 2 N–H and O–H groups in total. The van der Waals surface area contributed by atoms with Gasteiger partial charge in [-0.2, -0.15) is 0 Å². The van der Waals surface area contributed by atoms with Gasteiger partial charge in [-0.05, 0) is 19.8 Å². The fourth-order valence-corrected chi connectivity index (χ4v) is 2.53. The number of hydrogen-bond donors (Lipinski definition) is 2. The standard InChI is InChI=1S/C12H22O4/c1-8-12(14)10(13)7-11(15-8)16-9-5-3-2-4-6-9/h8-14H,2-7H2,1H3/t8-,10-,11-,12-/m1/s1. The second-order valence-electron chi connectivity index (χ2n) is 4.96. The minimum Gasteiger partial charge on any atom is -0.390 e. The Morgan fingerprint density at radius 3 is 2.44 bits per heavy atom. The van der Waals surface area contributed by atoms with Gasteiger partial charge in [0.15, 0.2) is 6.29 Å². The Hall–Kier alpha value is -0.160. The summed E-state index contributed by atoms with van der Waals surface area (Å²) in [6.45, 7) is 1.77. The quantitative estimate of drug-likeness (QED) is 0.748. The second kappa shape index (κ2) is 5.45. The van der Waals surface area contributed by atoms with E-state index in [9.17, 15) is 10.2 Å². The van der Waals surface area contributed by atoms with Crippen LogP contribution in [0, 0.1) is 0 Å². The largest absolute Gasteiger partial charge is 0.390 e. The molecule has 1 saturated carbocycles. The minimum absolute atomic E-state index is 0.272. The van der Waals surface area contributed by atoms with Crippen molar-refractivity contribution in [1.82, 2.24) is 0 Å². The van der Waals surface area contributed by atoms with E-state index in [1.807, 2.05) is 0 Å². The molecule has 1 aliphatic heterocycles. The van der Waals surface area contributed by atoms with E-state index in [1.165, 1.54) is 19.3 Å². The molecule has 0 spiro atoms. The molecule has 16 heavy (non-hydrogen) atoms. The summed E-state index contributed by atoms with van der Waals surface area (Å²) in [6, 6.07) is 0. The summed E-state index contributed by atoms with van der Waals surface area (Å²) in [4.78, 5) is 0. The SMILES string of the molecule is C[C@H]1O[C@H](OC2CCCCC2)C[C@@H](O)[C@@H]1O. The number of aliphatic hydroxyl groups is 2. The predicted molar refractivity (Wildman–Crippen MR) is 58.9 cm³/mol. The summed E-state index contributed by atoms with van der Waals surface area (Å²) < 4.78 is 11.4. The highest BCUT2D eigenvalue weighted by atomic mass is 16.7. The minimum atomic E-state index is -0.786. The Morgan fingerprint density at radius 2 is 1.81 bits per heavy atom. The molecule has 0 bridgehead atoms. The predicted octanol–water partition coefficient (Wildman–Crippen LogP) is 1.19. The maximum Gasteiger partial charge on any atom is 0.161 e. The monoisotopic (exact) mass is 230 g/mol. The van der Waals surface area contributed by atoms with E-state index in [0.717, 1.165) is 12.8 Å². The Labute approximate surface area is 96.6 Å². The molecule has 1 saturated heterocycles. The van der Waals surface area contributed by atoms with Gasteiger partial charge in [-0.25, -0.2) is 0 Å². The lowest BCUT2D eigenvalue weighted by molar-refractivity contribution is -0.261. The van der Waals surface area contributed by atoms with Crippen LogP contribution in [0.1, 0.15) is 45.4 Å². The third-order valence-corrected chi connectivity index (χ3v) is 3.57. The number of hydrogen-bond acceptors (Lipinski definition) is 4. The van der Waals surface area contributed by atoms with Gasteiger partial charge in [0.05, 0.1) is 18.3 Å². The topological polar surface area (TPSA) is 58.9 Å². The molecular weight excluding hydrogens is 208 g/mol. The maximum atomic E-state index is 9.64.